The van der Waals surface area contributed by atoms with E-state index in [9.17, 15) is 4.79 Å². The van der Waals surface area contributed by atoms with Gasteiger partial charge in [0.25, 0.3) is 5.91 Å². The van der Waals surface area contributed by atoms with Crippen LogP contribution in [0, 0.1) is 5.92 Å². The van der Waals surface area contributed by atoms with Crippen molar-refractivity contribution in [3.63, 3.8) is 0 Å². The molecule has 6 heteroatoms. The Hall–Kier alpha value is -1.14. The van der Waals surface area contributed by atoms with Crippen LogP contribution in [-0.2, 0) is 4.74 Å². The van der Waals surface area contributed by atoms with E-state index in [0.717, 1.165) is 19.4 Å². The van der Waals surface area contributed by atoms with E-state index in [4.69, 9.17) is 10.5 Å². The Labute approximate surface area is 104 Å². The lowest BCUT2D eigenvalue weighted by Crippen LogP contribution is -2.32. The van der Waals surface area contributed by atoms with Gasteiger partial charge in [-0.3, -0.25) is 4.79 Å². The topological polar surface area (TPSA) is 77.2 Å². The Kier molecular flexibility index (Phi) is 3.96. The van der Waals surface area contributed by atoms with Gasteiger partial charge in [-0.1, -0.05) is 6.92 Å². The van der Waals surface area contributed by atoms with Crippen molar-refractivity contribution < 1.29 is 9.53 Å². The van der Waals surface area contributed by atoms with Crippen molar-refractivity contribution in [3.8, 4) is 0 Å². The standard InChI is InChI=1S/C11H17N3O2S/c1-2-9-7(3-4-16-9)5-13-10(15)8-6-17-11(12)14-8/h6-7,9H,2-5H2,1H3,(H2,12,14)(H,13,15). The highest BCUT2D eigenvalue weighted by molar-refractivity contribution is 7.13. The molecule has 0 radical (unpaired) electrons. The number of amides is 1. The molecule has 1 aromatic heterocycles. The van der Waals surface area contributed by atoms with Gasteiger partial charge in [-0.15, -0.1) is 11.3 Å². The van der Waals surface area contributed by atoms with E-state index in [1.54, 1.807) is 5.38 Å². The van der Waals surface area contributed by atoms with Crippen LogP contribution in [0.5, 0.6) is 0 Å². The van der Waals surface area contributed by atoms with E-state index in [-0.39, 0.29) is 12.0 Å². The number of ether oxygens (including phenoxy) is 1. The Morgan fingerprint density at radius 2 is 2.59 bits per heavy atom. The van der Waals surface area contributed by atoms with Crippen LogP contribution < -0.4 is 11.1 Å². The molecule has 0 bridgehead atoms. The third-order valence-electron chi connectivity index (χ3n) is 3.03. The lowest BCUT2D eigenvalue weighted by atomic mass is 10.00. The van der Waals surface area contributed by atoms with Crippen LogP contribution in [0.2, 0.25) is 0 Å². The quantitative estimate of drug-likeness (QED) is 0.849. The second-order valence-corrected chi connectivity index (χ2v) is 5.04. The number of anilines is 1. The van der Waals surface area contributed by atoms with Gasteiger partial charge in [-0.05, 0) is 12.8 Å². The molecule has 1 fully saturated rings. The van der Waals surface area contributed by atoms with E-state index in [2.05, 4.69) is 17.2 Å². The zero-order valence-electron chi connectivity index (χ0n) is 9.81. The first-order chi connectivity index (χ1) is 8.20. The van der Waals surface area contributed by atoms with Crippen molar-refractivity contribution in [1.82, 2.24) is 10.3 Å². The van der Waals surface area contributed by atoms with Gasteiger partial charge in [-0.25, -0.2) is 4.98 Å². The van der Waals surface area contributed by atoms with Gasteiger partial charge in [0.15, 0.2) is 5.13 Å². The molecule has 3 N–H and O–H groups in total. The van der Waals surface area contributed by atoms with E-state index >= 15 is 0 Å². The number of nitrogen functional groups attached to an aromatic ring is 1. The molecule has 0 spiro atoms. The molecule has 0 aliphatic carbocycles. The molecule has 2 atom stereocenters. The number of carbonyl (C=O) groups excluding carboxylic acids is 1. The molecule has 5 nitrogen and oxygen atoms in total. The molecule has 2 unspecified atom stereocenters. The molecule has 1 aliphatic heterocycles. The number of nitrogens with one attached hydrogen (secondary N) is 1. The number of hydrogen-bond acceptors (Lipinski definition) is 5. The van der Waals surface area contributed by atoms with Crippen molar-refractivity contribution in [2.45, 2.75) is 25.9 Å². The van der Waals surface area contributed by atoms with Crippen LogP contribution in [0.25, 0.3) is 0 Å². The smallest absolute Gasteiger partial charge is 0.270 e. The van der Waals surface area contributed by atoms with Crippen LogP contribution in [-0.4, -0.2) is 30.1 Å². The zero-order valence-corrected chi connectivity index (χ0v) is 10.6. The van der Waals surface area contributed by atoms with Crippen molar-refractivity contribution in [1.29, 1.82) is 0 Å². The van der Waals surface area contributed by atoms with Gasteiger partial charge in [-0.2, -0.15) is 0 Å². The first-order valence-corrected chi connectivity index (χ1v) is 6.69. The lowest BCUT2D eigenvalue weighted by Gasteiger charge is -2.16. The van der Waals surface area contributed by atoms with Crippen molar-refractivity contribution in [3.05, 3.63) is 11.1 Å². The fourth-order valence-corrected chi connectivity index (χ4v) is 2.63. The summed E-state index contributed by atoms with van der Waals surface area (Å²) in [4.78, 5) is 15.7. The minimum atomic E-state index is -0.153. The van der Waals surface area contributed by atoms with Crippen molar-refractivity contribution >= 4 is 22.4 Å². The number of aromatic nitrogens is 1. The van der Waals surface area contributed by atoms with Gasteiger partial charge in [0.2, 0.25) is 0 Å². The summed E-state index contributed by atoms with van der Waals surface area (Å²) in [5.41, 5.74) is 5.89. The molecule has 0 aromatic carbocycles. The predicted octanol–water partition coefficient (Wildman–Crippen LogP) is 1.27. The fourth-order valence-electron chi connectivity index (χ4n) is 2.08. The highest BCUT2D eigenvalue weighted by atomic mass is 32.1. The Morgan fingerprint density at radius 1 is 1.76 bits per heavy atom. The maximum absolute atomic E-state index is 11.7. The fraction of sp³-hybridized carbons (Fsp3) is 0.636. The second-order valence-electron chi connectivity index (χ2n) is 4.15. The number of carbonyl (C=O) groups is 1. The summed E-state index contributed by atoms with van der Waals surface area (Å²) < 4.78 is 5.57. The summed E-state index contributed by atoms with van der Waals surface area (Å²) >= 11 is 1.28. The first-order valence-electron chi connectivity index (χ1n) is 5.81. The summed E-state index contributed by atoms with van der Waals surface area (Å²) in [5.74, 6) is 0.264. The highest BCUT2D eigenvalue weighted by Gasteiger charge is 2.27. The van der Waals surface area contributed by atoms with Gasteiger partial charge >= 0.3 is 0 Å². The molecule has 1 amide bonds. The van der Waals surface area contributed by atoms with Crippen LogP contribution in [0.1, 0.15) is 30.3 Å². The molecule has 1 aromatic rings. The highest BCUT2D eigenvalue weighted by Crippen LogP contribution is 2.22. The average Bonchev–Trinajstić information content (AvgIpc) is 2.94. The van der Waals surface area contributed by atoms with Crippen LogP contribution >= 0.6 is 11.3 Å². The summed E-state index contributed by atoms with van der Waals surface area (Å²) in [5, 5.41) is 4.98. The van der Waals surface area contributed by atoms with Gasteiger partial charge < -0.3 is 15.8 Å². The van der Waals surface area contributed by atoms with E-state index < -0.39 is 0 Å². The number of rotatable bonds is 4. The molecule has 2 rings (SSSR count). The summed E-state index contributed by atoms with van der Waals surface area (Å²) in [6.45, 7) is 3.55. The second kappa shape index (κ2) is 5.46. The first kappa shape index (κ1) is 12.3. The SMILES string of the molecule is CCC1OCCC1CNC(=O)c1csc(N)n1. The van der Waals surface area contributed by atoms with E-state index in [1.165, 1.54) is 11.3 Å². The average molecular weight is 255 g/mol. The maximum atomic E-state index is 11.7. The Morgan fingerprint density at radius 3 is 3.24 bits per heavy atom. The lowest BCUT2D eigenvalue weighted by molar-refractivity contribution is 0.0825. The summed E-state index contributed by atoms with van der Waals surface area (Å²) in [7, 11) is 0. The molecule has 2 heterocycles. The normalized spacial score (nSPS) is 23.8. The van der Waals surface area contributed by atoms with Crippen LogP contribution in [0.4, 0.5) is 5.13 Å². The van der Waals surface area contributed by atoms with Gasteiger partial charge in [0, 0.05) is 24.4 Å². The largest absolute Gasteiger partial charge is 0.378 e. The number of nitrogens with zero attached hydrogens (tertiary/aromatic N) is 1. The molecule has 94 valence electrons. The molecule has 17 heavy (non-hydrogen) atoms. The molecule has 0 saturated carbocycles. The predicted molar refractivity (Wildman–Crippen MR) is 67.0 cm³/mol. The molecular weight excluding hydrogens is 238 g/mol. The monoisotopic (exact) mass is 255 g/mol. The number of thiazole rings is 1. The Bertz CT molecular complexity index is 394. The third kappa shape index (κ3) is 2.95. The molecular formula is C11H17N3O2S. The molecule has 1 saturated heterocycles. The number of hydrogen-bond donors (Lipinski definition) is 2. The van der Waals surface area contributed by atoms with E-state index in [1.807, 2.05) is 0 Å². The Balaban J connectivity index is 1.84. The van der Waals surface area contributed by atoms with Gasteiger partial charge in [0.1, 0.15) is 5.69 Å². The minimum absolute atomic E-state index is 0.153. The van der Waals surface area contributed by atoms with E-state index in [0.29, 0.717) is 23.3 Å². The van der Waals surface area contributed by atoms with Gasteiger partial charge in [0.05, 0.1) is 6.10 Å². The summed E-state index contributed by atoms with van der Waals surface area (Å²) in [6, 6.07) is 0. The maximum Gasteiger partial charge on any atom is 0.270 e. The minimum Gasteiger partial charge on any atom is -0.378 e. The number of nitrogens with two attached hydrogens (primary N) is 1. The van der Waals surface area contributed by atoms with Crippen LogP contribution in [0.3, 0.4) is 0 Å². The zero-order chi connectivity index (χ0) is 12.3. The van der Waals surface area contributed by atoms with Crippen molar-refractivity contribution in [2.24, 2.45) is 5.92 Å². The summed E-state index contributed by atoms with van der Waals surface area (Å²) in [6.07, 6.45) is 2.28. The molecule has 1 aliphatic rings. The third-order valence-corrected chi connectivity index (χ3v) is 3.70. The van der Waals surface area contributed by atoms with Crippen LogP contribution in [0.15, 0.2) is 5.38 Å². The van der Waals surface area contributed by atoms with Crippen molar-refractivity contribution in [2.75, 3.05) is 18.9 Å².